The standard InChI is InChI=1S/C16H27N3/c1-4-18-9-10-19(12-14(18)3)16-8-6-5-7-15(16)11-13(2)17/h5-8,13-14H,4,9-12,17H2,1-3H3. The molecule has 0 spiro atoms. The molecule has 1 aromatic carbocycles. The highest BCUT2D eigenvalue weighted by molar-refractivity contribution is 5.54. The van der Waals surface area contributed by atoms with E-state index in [4.69, 9.17) is 5.73 Å². The van der Waals surface area contributed by atoms with Crippen LogP contribution in [0.5, 0.6) is 0 Å². The number of benzene rings is 1. The highest BCUT2D eigenvalue weighted by atomic mass is 15.3. The molecule has 1 fully saturated rings. The van der Waals surface area contributed by atoms with Gasteiger partial charge in [-0.2, -0.15) is 0 Å². The lowest BCUT2D eigenvalue weighted by atomic mass is 10.0. The van der Waals surface area contributed by atoms with Gasteiger partial charge in [-0.3, -0.25) is 4.90 Å². The zero-order chi connectivity index (χ0) is 13.8. The first kappa shape index (κ1) is 14.4. The van der Waals surface area contributed by atoms with Gasteiger partial charge >= 0.3 is 0 Å². The predicted molar refractivity (Wildman–Crippen MR) is 82.7 cm³/mol. The molecule has 1 saturated heterocycles. The number of nitrogens with zero attached hydrogens (tertiary/aromatic N) is 2. The molecular weight excluding hydrogens is 234 g/mol. The summed E-state index contributed by atoms with van der Waals surface area (Å²) in [5.74, 6) is 0. The minimum atomic E-state index is 0.218. The SMILES string of the molecule is CCN1CCN(c2ccccc2CC(C)N)CC1C. The van der Waals surface area contributed by atoms with Crippen molar-refractivity contribution in [3.05, 3.63) is 29.8 Å². The molecule has 2 atom stereocenters. The van der Waals surface area contributed by atoms with Gasteiger partial charge in [-0.25, -0.2) is 0 Å². The van der Waals surface area contributed by atoms with Crippen molar-refractivity contribution in [3.8, 4) is 0 Å². The molecule has 2 unspecified atom stereocenters. The number of rotatable bonds is 4. The van der Waals surface area contributed by atoms with Crippen LogP contribution in [0.15, 0.2) is 24.3 Å². The van der Waals surface area contributed by atoms with Gasteiger partial charge in [0.1, 0.15) is 0 Å². The number of likely N-dealkylation sites (N-methyl/N-ethyl adjacent to an activating group) is 1. The molecule has 1 heterocycles. The lowest BCUT2D eigenvalue weighted by Gasteiger charge is -2.41. The Labute approximate surface area is 117 Å². The Hall–Kier alpha value is -1.06. The van der Waals surface area contributed by atoms with E-state index < -0.39 is 0 Å². The van der Waals surface area contributed by atoms with E-state index in [0.717, 1.165) is 32.6 Å². The largest absolute Gasteiger partial charge is 0.368 e. The molecule has 0 aromatic heterocycles. The lowest BCUT2D eigenvalue weighted by Crippen LogP contribution is -2.52. The van der Waals surface area contributed by atoms with Crippen LogP contribution in [0.4, 0.5) is 5.69 Å². The maximum atomic E-state index is 5.97. The van der Waals surface area contributed by atoms with Crippen LogP contribution in [0, 0.1) is 0 Å². The van der Waals surface area contributed by atoms with Crippen molar-refractivity contribution >= 4 is 5.69 Å². The first-order valence-electron chi connectivity index (χ1n) is 7.44. The maximum Gasteiger partial charge on any atom is 0.0400 e. The maximum absolute atomic E-state index is 5.97. The van der Waals surface area contributed by atoms with Crippen LogP contribution in [0.2, 0.25) is 0 Å². The van der Waals surface area contributed by atoms with Crippen LogP contribution < -0.4 is 10.6 Å². The second-order valence-electron chi connectivity index (χ2n) is 5.73. The topological polar surface area (TPSA) is 32.5 Å². The fraction of sp³-hybridized carbons (Fsp3) is 0.625. The van der Waals surface area contributed by atoms with Crippen molar-refractivity contribution in [3.63, 3.8) is 0 Å². The van der Waals surface area contributed by atoms with Gasteiger partial charge in [-0.15, -0.1) is 0 Å². The van der Waals surface area contributed by atoms with Crippen molar-refractivity contribution in [1.29, 1.82) is 0 Å². The molecule has 2 N–H and O–H groups in total. The third-order valence-corrected chi connectivity index (χ3v) is 4.05. The van der Waals surface area contributed by atoms with Gasteiger partial charge in [0, 0.05) is 37.4 Å². The number of hydrogen-bond donors (Lipinski definition) is 1. The fourth-order valence-electron chi connectivity index (χ4n) is 3.02. The predicted octanol–water partition coefficient (Wildman–Crippen LogP) is 2.11. The summed E-state index contributed by atoms with van der Waals surface area (Å²) in [5, 5.41) is 0. The summed E-state index contributed by atoms with van der Waals surface area (Å²) in [6.45, 7) is 11.2. The molecule has 3 heteroatoms. The van der Waals surface area contributed by atoms with E-state index in [1.54, 1.807) is 0 Å². The Morgan fingerprint density at radius 3 is 2.68 bits per heavy atom. The van der Waals surface area contributed by atoms with Crippen molar-refractivity contribution in [2.24, 2.45) is 5.73 Å². The van der Waals surface area contributed by atoms with Crippen LogP contribution in [0.3, 0.4) is 0 Å². The van der Waals surface area contributed by atoms with Crippen molar-refractivity contribution in [1.82, 2.24) is 4.90 Å². The van der Waals surface area contributed by atoms with E-state index in [-0.39, 0.29) is 6.04 Å². The average molecular weight is 261 g/mol. The van der Waals surface area contributed by atoms with Crippen LogP contribution in [0.25, 0.3) is 0 Å². The minimum absolute atomic E-state index is 0.218. The summed E-state index contributed by atoms with van der Waals surface area (Å²) in [6, 6.07) is 9.56. The molecule has 2 rings (SSSR count). The average Bonchev–Trinajstić information content (AvgIpc) is 2.38. The van der Waals surface area contributed by atoms with E-state index >= 15 is 0 Å². The zero-order valence-corrected chi connectivity index (χ0v) is 12.5. The summed E-state index contributed by atoms with van der Waals surface area (Å²) >= 11 is 0. The van der Waals surface area contributed by atoms with Crippen LogP contribution in [0.1, 0.15) is 26.3 Å². The molecule has 106 valence electrons. The second-order valence-corrected chi connectivity index (χ2v) is 5.73. The fourth-order valence-corrected chi connectivity index (χ4v) is 3.02. The number of nitrogens with two attached hydrogens (primary N) is 1. The minimum Gasteiger partial charge on any atom is -0.368 e. The summed E-state index contributed by atoms with van der Waals surface area (Å²) in [4.78, 5) is 5.07. The summed E-state index contributed by atoms with van der Waals surface area (Å²) in [7, 11) is 0. The monoisotopic (exact) mass is 261 g/mol. The van der Waals surface area contributed by atoms with Crippen molar-refractivity contribution < 1.29 is 0 Å². The van der Waals surface area contributed by atoms with E-state index in [1.165, 1.54) is 11.3 Å². The van der Waals surface area contributed by atoms with Gasteiger partial charge in [-0.05, 0) is 38.4 Å². The third kappa shape index (κ3) is 3.48. The Morgan fingerprint density at radius 1 is 1.32 bits per heavy atom. The Morgan fingerprint density at radius 2 is 2.05 bits per heavy atom. The molecule has 1 aliphatic rings. The third-order valence-electron chi connectivity index (χ3n) is 4.05. The van der Waals surface area contributed by atoms with Gasteiger partial charge in [0.05, 0.1) is 0 Å². The van der Waals surface area contributed by atoms with Gasteiger partial charge < -0.3 is 10.6 Å². The number of piperazine rings is 1. The van der Waals surface area contributed by atoms with E-state index in [2.05, 4.69) is 54.8 Å². The van der Waals surface area contributed by atoms with Gasteiger partial charge in [0.25, 0.3) is 0 Å². The molecule has 1 aliphatic heterocycles. The van der Waals surface area contributed by atoms with Crippen LogP contribution in [-0.2, 0) is 6.42 Å². The quantitative estimate of drug-likeness (QED) is 0.901. The molecule has 0 radical (unpaired) electrons. The highest BCUT2D eigenvalue weighted by Crippen LogP contribution is 2.24. The smallest absolute Gasteiger partial charge is 0.0400 e. The van der Waals surface area contributed by atoms with Crippen LogP contribution >= 0.6 is 0 Å². The number of hydrogen-bond acceptors (Lipinski definition) is 3. The molecule has 0 saturated carbocycles. The second kappa shape index (κ2) is 6.40. The molecule has 3 nitrogen and oxygen atoms in total. The van der Waals surface area contributed by atoms with E-state index in [1.807, 2.05) is 0 Å². The summed E-state index contributed by atoms with van der Waals surface area (Å²) in [6.07, 6.45) is 0.957. The summed E-state index contributed by atoms with van der Waals surface area (Å²) in [5.41, 5.74) is 8.73. The van der Waals surface area contributed by atoms with Crippen molar-refractivity contribution in [2.75, 3.05) is 31.1 Å². The first-order chi connectivity index (χ1) is 9.11. The molecular formula is C16H27N3. The number of para-hydroxylation sites is 1. The van der Waals surface area contributed by atoms with Gasteiger partial charge in [-0.1, -0.05) is 25.1 Å². The molecule has 1 aromatic rings. The highest BCUT2D eigenvalue weighted by Gasteiger charge is 2.23. The Kier molecular flexibility index (Phi) is 4.83. The Bertz CT molecular complexity index is 403. The molecule has 19 heavy (non-hydrogen) atoms. The first-order valence-corrected chi connectivity index (χ1v) is 7.44. The normalized spacial score (nSPS) is 22.5. The van der Waals surface area contributed by atoms with E-state index in [0.29, 0.717) is 6.04 Å². The zero-order valence-electron chi connectivity index (χ0n) is 12.5. The van der Waals surface area contributed by atoms with Gasteiger partial charge in [0.2, 0.25) is 0 Å². The Balaban J connectivity index is 2.14. The van der Waals surface area contributed by atoms with E-state index in [9.17, 15) is 0 Å². The number of anilines is 1. The van der Waals surface area contributed by atoms with Crippen molar-refractivity contribution in [2.45, 2.75) is 39.3 Å². The molecule has 0 aliphatic carbocycles. The van der Waals surface area contributed by atoms with Gasteiger partial charge in [0.15, 0.2) is 0 Å². The lowest BCUT2D eigenvalue weighted by molar-refractivity contribution is 0.199. The molecule has 0 bridgehead atoms. The summed E-state index contributed by atoms with van der Waals surface area (Å²) < 4.78 is 0. The van der Waals surface area contributed by atoms with Crippen LogP contribution in [-0.4, -0.2) is 43.2 Å². The molecule has 0 amide bonds.